The van der Waals surface area contributed by atoms with Gasteiger partial charge in [0.05, 0.1) is 18.3 Å². The molecule has 2 heterocycles. The molecule has 5 nitrogen and oxygen atoms in total. The molecule has 4 aromatic rings. The Labute approximate surface area is 176 Å². The van der Waals surface area contributed by atoms with Crippen molar-refractivity contribution >= 4 is 5.52 Å². The Kier molecular flexibility index (Phi) is 5.31. The molecule has 2 aromatic carbocycles. The van der Waals surface area contributed by atoms with Crippen LogP contribution in [0.15, 0.2) is 65.7 Å². The van der Waals surface area contributed by atoms with Gasteiger partial charge in [-0.1, -0.05) is 56.3 Å². The summed E-state index contributed by atoms with van der Waals surface area (Å²) in [5.74, 6) is 0.469. The smallest absolute Gasteiger partial charge is 0.276 e. The molecule has 1 N–H and O–H groups in total. The number of aryl methyl sites for hydroxylation is 2. The molecule has 154 valence electrons. The number of hydrogen-bond acceptors (Lipinski definition) is 3. The molecule has 0 unspecified atom stereocenters. The third-order valence-electron chi connectivity index (χ3n) is 5.76. The van der Waals surface area contributed by atoms with Gasteiger partial charge in [-0.05, 0) is 48.1 Å². The number of hydrogen-bond donors (Lipinski definition) is 1. The van der Waals surface area contributed by atoms with Crippen molar-refractivity contribution in [3.05, 3.63) is 93.5 Å². The van der Waals surface area contributed by atoms with Gasteiger partial charge in [0.15, 0.2) is 0 Å². The second-order valence-electron chi connectivity index (χ2n) is 8.25. The van der Waals surface area contributed by atoms with Crippen LogP contribution in [0.4, 0.5) is 0 Å². The fourth-order valence-corrected chi connectivity index (χ4v) is 3.61. The average Bonchev–Trinajstić information content (AvgIpc) is 3.17. The minimum Gasteiger partial charge on any atom is -0.387 e. The van der Waals surface area contributed by atoms with Crippen LogP contribution < -0.4 is 5.56 Å². The van der Waals surface area contributed by atoms with E-state index < -0.39 is 6.10 Å². The summed E-state index contributed by atoms with van der Waals surface area (Å²) in [6.07, 6.45) is 2.68. The van der Waals surface area contributed by atoms with E-state index in [1.165, 1.54) is 11.1 Å². The van der Waals surface area contributed by atoms with Crippen LogP contribution in [0.5, 0.6) is 0 Å². The van der Waals surface area contributed by atoms with Gasteiger partial charge in [0.25, 0.3) is 5.56 Å². The highest BCUT2D eigenvalue weighted by molar-refractivity contribution is 5.65. The highest BCUT2D eigenvalue weighted by atomic mass is 16.3. The van der Waals surface area contributed by atoms with Crippen LogP contribution in [0.25, 0.3) is 16.8 Å². The normalized spacial score (nSPS) is 12.6. The molecule has 1 atom stereocenters. The minimum absolute atomic E-state index is 0.169. The predicted molar refractivity (Wildman–Crippen MR) is 120 cm³/mol. The summed E-state index contributed by atoms with van der Waals surface area (Å²) in [4.78, 5) is 13.0. The lowest BCUT2D eigenvalue weighted by atomic mass is 10.0. The molecule has 0 saturated heterocycles. The van der Waals surface area contributed by atoms with E-state index in [0.29, 0.717) is 11.4 Å². The van der Waals surface area contributed by atoms with Gasteiger partial charge in [-0.15, -0.1) is 0 Å². The molecule has 2 aromatic heterocycles. The molecule has 0 bridgehead atoms. The second kappa shape index (κ2) is 7.92. The lowest BCUT2D eigenvalue weighted by molar-refractivity contribution is 0.155. The van der Waals surface area contributed by atoms with Crippen LogP contribution in [0, 0.1) is 13.8 Å². The first-order chi connectivity index (χ1) is 14.3. The van der Waals surface area contributed by atoms with Gasteiger partial charge in [0.2, 0.25) is 0 Å². The molecule has 0 radical (unpaired) electrons. The lowest BCUT2D eigenvalue weighted by Crippen LogP contribution is -2.24. The Bertz CT molecular complexity index is 1250. The Morgan fingerprint density at radius 2 is 1.63 bits per heavy atom. The van der Waals surface area contributed by atoms with Crippen molar-refractivity contribution in [3.63, 3.8) is 0 Å². The molecule has 4 rings (SSSR count). The number of aliphatic hydroxyl groups excluding tert-OH is 1. The maximum atomic E-state index is 13.0. The predicted octanol–water partition coefficient (Wildman–Crippen LogP) is 4.64. The lowest BCUT2D eigenvalue weighted by Gasteiger charge is -2.14. The van der Waals surface area contributed by atoms with Crippen LogP contribution in [-0.4, -0.2) is 19.3 Å². The van der Waals surface area contributed by atoms with Gasteiger partial charge in [0.1, 0.15) is 5.52 Å². The van der Waals surface area contributed by atoms with Crippen LogP contribution in [0.1, 0.15) is 48.1 Å². The molecule has 0 amide bonds. The van der Waals surface area contributed by atoms with Crippen LogP contribution in [0.2, 0.25) is 0 Å². The second-order valence-corrected chi connectivity index (χ2v) is 8.25. The number of nitrogens with zero attached hydrogens (tertiary/aromatic N) is 3. The molecule has 0 aliphatic carbocycles. The maximum Gasteiger partial charge on any atom is 0.276 e. The fraction of sp³-hybridized carbons (Fsp3) is 0.280. The number of benzene rings is 2. The zero-order valence-electron chi connectivity index (χ0n) is 17.8. The SMILES string of the molecule is Cc1ccc([C@@H](O)Cn2ccn3nc(-c4ccc(C(C)C)cc4)cc3c2=O)cc1C. The van der Waals surface area contributed by atoms with Crippen molar-refractivity contribution < 1.29 is 5.11 Å². The Balaban J connectivity index is 1.64. The van der Waals surface area contributed by atoms with Crippen LogP contribution in [0.3, 0.4) is 0 Å². The highest BCUT2D eigenvalue weighted by Gasteiger charge is 2.14. The third-order valence-corrected chi connectivity index (χ3v) is 5.76. The summed E-state index contributed by atoms with van der Waals surface area (Å²) >= 11 is 0. The monoisotopic (exact) mass is 401 g/mol. The summed E-state index contributed by atoms with van der Waals surface area (Å²) < 4.78 is 3.15. The van der Waals surface area contributed by atoms with Crippen molar-refractivity contribution in [2.45, 2.75) is 46.3 Å². The first-order valence-electron chi connectivity index (χ1n) is 10.3. The highest BCUT2D eigenvalue weighted by Crippen LogP contribution is 2.23. The number of aliphatic hydroxyl groups is 1. The van der Waals surface area contributed by atoms with E-state index in [-0.39, 0.29) is 12.1 Å². The molecule has 0 spiro atoms. The topological polar surface area (TPSA) is 59.5 Å². The summed E-state index contributed by atoms with van der Waals surface area (Å²) in [7, 11) is 0. The van der Waals surface area contributed by atoms with E-state index in [4.69, 9.17) is 0 Å². The van der Waals surface area contributed by atoms with Gasteiger partial charge < -0.3 is 9.67 Å². The van der Waals surface area contributed by atoms with Crippen LogP contribution in [-0.2, 0) is 6.54 Å². The van der Waals surface area contributed by atoms with E-state index in [9.17, 15) is 9.90 Å². The van der Waals surface area contributed by atoms with Crippen LogP contribution >= 0.6 is 0 Å². The standard InChI is InChI=1S/C25H27N3O2/c1-16(2)19-7-9-20(10-8-19)22-14-23-25(30)27(11-12-28(23)26-22)15-24(29)21-6-5-17(3)18(4)13-21/h5-14,16,24,29H,15H2,1-4H3/t24-/m0/s1. The van der Waals surface area contributed by atoms with Gasteiger partial charge in [-0.2, -0.15) is 5.10 Å². The zero-order valence-corrected chi connectivity index (χ0v) is 17.8. The van der Waals surface area contributed by atoms with E-state index in [1.54, 1.807) is 21.5 Å². The van der Waals surface area contributed by atoms with Crippen molar-refractivity contribution in [3.8, 4) is 11.3 Å². The van der Waals surface area contributed by atoms with Crippen molar-refractivity contribution in [2.75, 3.05) is 0 Å². The molecule has 30 heavy (non-hydrogen) atoms. The fourth-order valence-electron chi connectivity index (χ4n) is 3.61. The summed E-state index contributed by atoms with van der Waals surface area (Å²) in [5.41, 5.74) is 6.44. The third kappa shape index (κ3) is 3.81. The van der Waals surface area contributed by atoms with E-state index in [2.05, 4.69) is 31.1 Å². The van der Waals surface area contributed by atoms with Gasteiger partial charge in [-0.3, -0.25) is 4.79 Å². The quantitative estimate of drug-likeness (QED) is 0.530. The van der Waals surface area contributed by atoms with E-state index >= 15 is 0 Å². The Hall–Kier alpha value is -3.18. The Morgan fingerprint density at radius 3 is 2.30 bits per heavy atom. The summed E-state index contributed by atoms with van der Waals surface area (Å²) in [6.45, 7) is 8.58. The van der Waals surface area contributed by atoms with Crippen molar-refractivity contribution in [2.24, 2.45) is 0 Å². The van der Waals surface area contributed by atoms with Crippen molar-refractivity contribution in [1.29, 1.82) is 0 Å². The molecule has 0 saturated carbocycles. The number of aromatic nitrogens is 3. The molecule has 0 aliphatic rings. The Morgan fingerprint density at radius 1 is 0.933 bits per heavy atom. The van der Waals surface area contributed by atoms with Gasteiger partial charge >= 0.3 is 0 Å². The molecule has 5 heteroatoms. The summed E-state index contributed by atoms with van der Waals surface area (Å²) in [5, 5.41) is 15.2. The molecule has 0 fully saturated rings. The van der Waals surface area contributed by atoms with E-state index in [0.717, 1.165) is 22.4 Å². The number of fused-ring (bicyclic) bond motifs is 1. The maximum absolute atomic E-state index is 13.0. The first-order valence-corrected chi connectivity index (χ1v) is 10.3. The molecular weight excluding hydrogens is 374 g/mol. The zero-order chi connectivity index (χ0) is 21.4. The average molecular weight is 402 g/mol. The summed E-state index contributed by atoms with van der Waals surface area (Å²) in [6, 6.07) is 16.0. The number of rotatable bonds is 5. The van der Waals surface area contributed by atoms with Gasteiger partial charge in [-0.25, -0.2) is 4.52 Å². The molecular formula is C25H27N3O2. The molecule has 0 aliphatic heterocycles. The first kappa shape index (κ1) is 20.1. The van der Waals surface area contributed by atoms with E-state index in [1.807, 2.05) is 50.2 Å². The van der Waals surface area contributed by atoms with Crippen molar-refractivity contribution in [1.82, 2.24) is 14.2 Å². The largest absolute Gasteiger partial charge is 0.387 e. The minimum atomic E-state index is -0.754. The van der Waals surface area contributed by atoms with Gasteiger partial charge in [0, 0.05) is 18.0 Å².